The van der Waals surface area contributed by atoms with Gasteiger partial charge in [-0.25, -0.2) is 0 Å². The molecule has 3 amide bonds. The SMILES string of the molecule is O=C1NC(CN2C(=O)c3ccccc3C2=O)Cc2c[nH]c3cccc1c23. The zero-order valence-corrected chi connectivity index (χ0v) is 13.8. The van der Waals surface area contributed by atoms with Crippen LogP contribution in [0.2, 0.25) is 0 Å². The number of amides is 3. The fourth-order valence-electron chi connectivity index (χ4n) is 3.92. The van der Waals surface area contributed by atoms with Crippen LogP contribution in [0.5, 0.6) is 0 Å². The van der Waals surface area contributed by atoms with E-state index in [0.29, 0.717) is 23.1 Å². The largest absolute Gasteiger partial charge is 0.361 e. The molecule has 0 saturated carbocycles. The number of carbonyl (C=O) groups excluding carboxylic acids is 3. The number of hydrogen-bond donors (Lipinski definition) is 2. The molecular weight excluding hydrogens is 330 g/mol. The molecule has 2 aromatic carbocycles. The number of nitrogens with one attached hydrogen (secondary N) is 2. The van der Waals surface area contributed by atoms with Gasteiger partial charge in [0.25, 0.3) is 17.7 Å². The third kappa shape index (κ3) is 2.02. The number of H-pyrrole nitrogens is 1. The minimum atomic E-state index is -0.337. The van der Waals surface area contributed by atoms with Gasteiger partial charge in [0.15, 0.2) is 0 Å². The minimum Gasteiger partial charge on any atom is -0.361 e. The maximum Gasteiger partial charge on any atom is 0.261 e. The molecule has 0 saturated heterocycles. The van der Waals surface area contributed by atoms with Crippen LogP contribution in [0.15, 0.2) is 48.7 Å². The van der Waals surface area contributed by atoms with Crippen molar-refractivity contribution in [3.05, 3.63) is 70.9 Å². The normalized spacial score (nSPS) is 18.8. The van der Waals surface area contributed by atoms with Gasteiger partial charge in [-0.15, -0.1) is 0 Å². The summed E-state index contributed by atoms with van der Waals surface area (Å²) in [6, 6.07) is 12.0. The Hall–Kier alpha value is -3.41. The van der Waals surface area contributed by atoms with Crippen molar-refractivity contribution in [2.75, 3.05) is 6.54 Å². The molecule has 0 aliphatic carbocycles. The summed E-state index contributed by atoms with van der Waals surface area (Å²) in [5.41, 5.74) is 3.38. The summed E-state index contributed by atoms with van der Waals surface area (Å²) in [4.78, 5) is 42.2. The predicted molar refractivity (Wildman–Crippen MR) is 95.1 cm³/mol. The summed E-state index contributed by atoms with van der Waals surface area (Å²) in [7, 11) is 0. The Labute approximate surface area is 148 Å². The van der Waals surface area contributed by atoms with E-state index in [1.54, 1.807) is 30.3 Å². The van der Waals surface area contributed by atoms with E-state index in [4.69, 9.17) is 0 Å². The molecule has 3 heterocycles. The van der Waals surface area contributed by atoms with Crippen LogP contribution in [0.4, 0.5) is 0 Å². The molecule has 1 atom stereocenters. The number of aromatic nitrogens is 1. The molecule has 2 aliphatic rings. The second-order valence-electron chi connectivity index (χ2n) is 6.68. The smallest absolute Gasteiger partial charge is 0.261 e. The van der Waals surface area contributed by atoms with Gasteiger partial charge in [0.1, 0.15) is 0 Å². The van der Waals surface area contributed by atoms with Crippen LogP contribution >= 0.6 is 0 Å². The van der Waals surface area contributed by atoms with Crippen LogP contribution in [0.3, 0.4) is 0 Å². The average molecular weight is 345 g/mol. The Kier molecular flexibility index (Phi) is 3.03. The fourth-order valence-corrected chi connectivity index (χ4v) is 3.92. The van der Waals surface area contributed by atoms with Gasteiger partial charge in [-0.1, -0.05) is 18.2 Å². The third-order valence-electron chi connectivity index (χ3n) is 5.11. The standard InChI is InChI=1S/C20H15N3O3/c24-18-15-6-3-7-16-17(15)11(9-21-16)8-12(22-18)10-23-19(25)13-4-1-2-5-14(13)20(23)26/h1-7,9,12,21H,8,10H2,(H,22,24). The van der Waals surface area contributed by atoms with Crippen LogP contribution in [-0.4, -0.2) is 40.2 Å². The third-order valence-corrected chi connectivity index (χ3v) is 5.11. The fraction of sp³-hybridized carbons (Fsp3) is 0.150. The number of imide groups is 1. The molecule has 5 rings (SSSR count). The van der Waals surface area contributed by atoms with Crippen molar-refractivity contribution < 1.29 is 14.4 Å². The van der Waals surface area contributed by atoms with Gasteiger partial charge < -0.3 is 10.3 Å². The molecule has 6 heteroatoms. The highest BCUT2D eigenvalue weighted by Gasteiger charge is 2.37. The number of aromatic amines is 1. The van der Waals surface area contributed by atoms with E-state index in [2.05, 4.69) is 10.3 Å². The van der Waals surface area contributed by atoms with Gasteiger partial charge in [-0.05, 0) is 36.2 Å². The first-order chi connectivity index (χ1) is 12.6. The first-order valence-corrected chi connectivity index (χ1v) is 8.48. The number of carbonyl (C=O) groups is 3. The zero-order valence-electron chi connectivity index (χ0n) is 13.8. The van der Waals surface area contributed by atoms with E-state index in [-0.39, 0.29) is 30.3 Å². The van der Waals surface area contributed by atoms with Crippen molar-refractivity contribution in [3.8, 4) is 0 Å². The lowest BCUT2D eigenvalue weighted by atomic mass is 10.0. The first-order valence-electron chi connectivity index (χ1n) is 8.48. The van der Waals surface area contributed by atoms with E-state index in [1.807, 2.05) is 18.3 Å². The number of nitrogens with zero attached hydrogens (tertiary/aromatic N) is 1. The number of rotatable bonds is 2. The van der Waals surface area contributed by atoms with E-state index in [0.717, 1.165) is 16.5 Å². The Balaban J connectivity index is 1.47. The summed E-state index contributed by atoms with van der Waals surface area (Å²) >= 11 is 0. The van der Waals surface area contributed by atoms with Crippen molar-refractivity contribution in [1.82, 2.24) is 15.2 Å². The summed E-state index contributed by atoms with van der Waals surface area (Å²) < 4.78 is 0. The predicted octanol–water partition coefficient (Wildman–Crippen LogP) is 2.12. The molecule has 0 fully saturated rings. The number of fused-ring (bicyclic) bond motifs is 1. The van der Waals surface area contributed by atoms with Gasteiger partial charge in [0.2, 0.25) is 0 Å². The minimum absolute atomic E-state index is 0.152. The molecule has 1 unspecified atom stereocenters. The summed E-state index contributed by atoms with van der Waals surface area (Å²) in [5, 5.41) is 3.88. The van der Waals surface area contributed by atoms with E-state index < -0.39 is 0 Å². The number of benzene rings is 2. The maximum atomic E-state index is 12.6. The van der Waals surface area contributed by atoms with Gasteiger partial charge in [-0.3, -0.25) is 19.3 Å². The summed E-state index contributed by atoms with van der Waals surface area (Å²) in [6.07, 6.45) is 2.44. The van der Waals surface area contributed by atoms with E-state index in [1.165, 1.54) is 4.90 Å². The summed E-state index contributed by atoms with van der Waals surface area (Å²) in [6.45, 7) is 0.152. The lowest BCUT2D eigenvalue weighted by Crippen LogP contribution is -2.46. The lowest BCUT2D eigenvalue weighted by Gasteiger charge is -2.22. The Morgan fingerprint density at radius 1 is 0.923 bits per heavy atom. The van der Waals surface area contributed by atoms with Gasteiger partial charge in [0, 0.05) is 29.2 Å². The molecule has 1 aromatic heterocycles. The van der Waals surface area contributed by atoms with E-state index in [9.17, 15) is 14.4 Å². The molecular formula is C20H15N3O3. The molecule has 0 bridgehead atoms. The van der Waals surface area contributed by atoms with E-state index >= 15 is 0 Å². The van der Waals surface area contributed by atoms with Crippen molar-refractivity contribution in [2.24, 2.45) is 0 Å². The van der Waals surface area contributed by atoms with Crippen LogP contribution in [0.25, 0.3) is 10.9 Å². The van der Waals surface area contributed by atoms with Crippen molar-refractivity contribution in [3.63, 3.8) is 0 Å². The Morgan fingerprint density at radius 2 is 1.62 bits per heavy atom. The molecule has 2 N–H and O–H groups in total. The molecule has 2 aliphatic heterocycles. The molecule has 0 spiro atoms. The Morgan fingerprint density at radius 3 is 2.35 bits per heavy atom. The monoisotopic (exact) mass is 345 g/mol. The molecule has 128 valence electrons. The Bertz CT molecular complexity index is 1060. The van der Waals surface area contributed by atoms with Gasteiger partial charge in [-0.2, -0.15) is 0 Å². The highest BCUT2D eigenvalue weighted by atomic mass is 16.2. The van der Waals surface area contributed by atoms with Crippen LogP contribution in [-0.2, 0) is 6.42 Å². The topological polar surface area (TPSA) is 82.3 Å². The van der Waals surface area contributed by atoms with Gasteiger partial charge in [0.05, 0.1) is 17.2 Å². The zero-order chi connectivity index (χ0) is 17.8. The lowest BCUT2D eigenvalue weighted by molar-refractivity contribution is 0.0629. The first kappa shape index (κ1) is 14.9. The van der Waals surface area contributed by atoms with Crippen molar-refractivity contribution in [2.45, 2.75) is 12.5 Å². The second-order valence-corrected chi connectivity index (χ2v) is 6.68. The molecule has 0 radical (unpaired) electrons. The van der Waals surface area contributed by atoms with Crippen molar-refractivity contribution in [1.29, 1.82) is 0 Å². The summed E-state index contributed by atoms with van der Waals surface area (Å²) in [5.74, 6) is -0.794. The van der Waals surface area contributed by atoms with Crippen LogP contribution in [0, 0.1) is 0 Å². The average Bonchev–Trinajstić information content (AvgIpc) is 3.12. The van der Waals surface area contributed by atoms with Crippen LogP contribution < -0.4 is 5.32 Å². The van der Waals surface area contributed by atoms with Crippen molar-refractivity contribution >= 4 is 28.6 Å². The van der Waals surface area contributed by atoms with Gasteiger partial charge >= 0.3 is 0 Å². The molecule has 26 heavy (non-hydrogen) atoms. The highest BCUT2D eigenvalue weighted by molar-refractivity contribution is 6.21. The second kappa shape index (κ2) is 5.29. The molecule has 6 nitrogen and oxygen atoms in total. The quantitative estimate of drug-likeness (QED) is 0.698. The van der Waals surface area contributed by atoms with Crippen LogP contribution in [0.1, 0.15) is 36.6 Å². The number of hydrogen-bond acceptors (Lipinski definition) is 3. The highest BCUT2D eigenvalue weighted by Crippen LogP contribution is 2.28. The maximum absolute atomic E-state index is 12.6. The molecule has 3 aromatic rings.